The summed E-state index contributed by atoms with van der Waals surface area (Å²) in [6, 6.07) is 23.2. The molecule has 1 unspecified atom stereocenters. The molecule has 2 amide bonds. The molecule has 2 aliphatic rings. The number of rotatable bonds is 6. The fraction of sp³-hybridized carbons (Fsp3) is 0.242. The average Bonchev–Trinajstić information content (AvgIpc) is 3.18. The number of fused-ring (bicyclic) bond motifs is 2. The van der Waals surface area contributed by atoms with Gasteiger partial charge in [0.05, 0.1) is 23.1 Å². The SMILES string of the molecule is O=C(Nc1cccc(Cl)c1)N1CC(N2c3ccccc3CCc3ccccc32)[C@@H](O)[C@H](NS(=O)(=O)c2ccc(OC(F)(F)F)cc2)C1. The van der Waals surface area contributed by atoms with Gasteiger partial charge in [-0.05, 0) is 78.6 Å². The van der Waals surface area contributed by atoms with Crippen LogP contribution in [0.5, 0.6) is 5.75 Å². The first-order valence-corrected chi connectivity index (χ1v) is 16.6. The molecule has 6 rings (SSSR count). The lowest BCUT2D eigenvalue weighted by molar-refractivity contribution is -0.274. The Morgan fingerprint density at radius 1 is 0.872 bits per heavy atom. The monoisotopic (exact) mass is 686 g/mol. The number of carbonyl (C=O) groups excluding carboxylic acids is 1. The third kappa shape index (κ3) is 7.33. The Bertz CT molecular complexity index is 1830. The predicted molar refractivity (Wildman–Crippen MR) is 172 cm³/mol. The molecular formula is C33H30ClF3N4O5S. The van der Waals surface area contributed by atoms with Crippen LogP contribution in [0, 0.1) is 0 Å². The van der Waals surface area contributed by atoms with Gasteiger partial charge in [-0.3, -0.25) is 0 Å². The Hall–Kier alpha value is -4.30. The normalized spacial score (nSPS) is 19.7. The van der Waals surface area contributed by atoms with E-state index >= 15 is 0 Å². The summed E-state index contributed by atoms with van der Waals surface area (Å²) in [6.07, 6.45) is -4.81. The summed E-state index contributed by atoms with van der Waals surface area (Å²) < 4.78 is 71.4. The molecule has 4 aromatic carbocycles. The number of aryl methyl sites for hydroxylation is 2. The second-order valence-electron chi connectivity index (χ2n) is 11.3. The Morgan fingerprint density at radius 2 is 1.49 bits per heavy atom. The fourth-order valence-corrected chi connectivity index (χ4v) is 7.49. The van der Waals surface area contributed by atoms with Gasteiger partial charge in [0.25, 0.3) is 0 Å². The number of halogens is 4. The van der Waals surface area contributed by atoms with Crippen LogP contribution in [0.25, 0.3) is 0 Å². The average molecular weight is 687 g/mol. The molecule has 47 heavy (non-hydrogen) atoms. The van der Waals surface area contributed by atoms with E-state index in [9.17, 15) is 31.5 Å². The van der Waals surface area contributed by atoms with Gasteiger partial charge in [0.2, 0.25) is 10.0 Å². The second kappa shape index (κ2) is 13.1. The standard InChI is InChI=1S/C33H30ClF3N4O5S/c34-23-8-5-9-24(18-23)38-32(43)40-19-27(39-47(44,45)26-16-14-25(15-17-26)46-33(35,36)37)31(42)30(20-40)41-28-10-3-1-6-21(28)12-13-22-7-2-4-11-29(22)41/h1-11,14-18,27,30-31,39,42H,12-13,19-20H2,(H,38,43)/t27-,30?,31+/m1/s1. The highest BCUT2D eigenvalue weighted by atomic mass is 35.5. The summed E-state index contributed by atoms with van der Waals surface area (Å²) in [5, 5.41) is 15.2. The maximum Gasteiger partial charge on any atom is 0.573 e. The number of hydrogen-bond acceptors (Lipinski definition) is 6. The molecule has 14 heteroatoms. The molecule has 0 saturated carbocycles. The number of ether oxygens (including phenoxy) is 1. The van der Waals surface area contributed by atoms with Crippen LogP contribution in [-0.4, -0.2) is 62.1 Å². The Labute approximate surface area is 274 Å². The van der Waals surface area contributed by atoms with Gasteiger partial charge in [0, 0.05) is 35.2 Å². The van der Waals surface area contributed by atoms with E-state index in [1.54, 1.807) is 24.3 Å². The van der Waals surface area contributed by atoms with Gasteiger partial charge in [-0.2, -0.15) is 0 Å². The van der Waals surface area contributed by atoms with E-state index in [4.69, 9.17) is 11.6 Å². The second-order valence-corrected chi connectivity index (χ2v) is 13.4. The molecule has 4 aromatic rings. The zero-order valence-corrected chi connectivity index (χ0v) is 26.3. The predicted octanol–water partition coefficient (Wildman–Crippen LogP) is 6.10. The van der Waals surface area contributed by atoms with Crippen molar-refractivity contribution in [2.45, 2.75) is 42.3 Å². The number of hydrogen-bond donors (Lipinski definition) is 3. The van der Waals surface area contributed by atoms with Crippen LogP contribution in [0.4, 0.5) is 35.0 Å². The van der Waals surface area contributed by atoms with Crippen molar-refractivity contribution < 1.29 is 36.2 Å². The van der Waals surface area contributed by atoms with Crippen molar-refractivity contribution in [1.82, 2.24) is 9.62 Å². The van der Waals surface area contributed by atoms with Crippen LogP contribution in [0.1, 0.15) is 11.1 Å². The van der Waals surface area contributed by atoms with Gasteiger partial charge in [-0.1, -0.05) is 54.1 Å². The minimum Gasteiger partial charge on any atom is -0.406 e. The van der Waals surface area contributed by atoms with E-state index in [-0.39, 0.29) is 18.0 Å². The van der Waals surface area contributed by atoms with Gasteiger partial charge in [-0.25, -0.2) is 17.9 Å². The number of amides is 2. The summed E-state index contributed by atoms with van der Waals surface area (Å²) in [6.45, 7) is -0.187. The van der Waals surface area contributed by atoms with Gasteiger partial charge in [0.1, 0.15) is 5.75 Å². The Balaban J connectivity index is 1.36. The van der Waals surface area contributed by atoms with Crippen LogP contribution in [-0.2, 0) is 22.9 Å². The molecule has 0 radical (unpaired) electrons. The first kappa shape index (κ1) is 32.6. The number of benzene rings is 4. The molecule has 1 fully saturated rings. The van der Waals surface area contributed by atoms with E-state index in [1.165, 1.54) is 4.90 Å². The Kier molecular flexibility index (Phi) is 9.07. The van der Waals surface area contributed by atoms with Crippen LogP contribution in [0.2, 0.25) is 5.02 Å². The number of piperidine rings is 1. The van der Waals surface area contributed by atoms with Crippen molar-refractivity contribution >= 4 is 44.7 Å². The third-order valence-corrected chi connectivity index (χ3v) is 9.91. The highest BCUT2D eigenvalue weighted by molar-refractivity contribution is 7.89. The van der Waals surface area contributed by atoms with Crippen molar-refractivity contribution in [3.63, 3.8) is 0 Å². The quantitative estimate of drug-likeness (QED) is 0.226. The number of alkyl halides is 3. The van der Waals surface area contributed by atoms with Gasteiger partial charge >= 0.3 is 12.4 Å². The summed E-state index contributed by atoms with van der Waals surface area (Å²) in [7, 11) is -4.39. The lowest BCUT2D eigenvalue weighted by atomic mass is 9.94. The van der Waals surface area contributed by atoms with Gasteiger partial charge < -0.3 is 25.0 Å². The minimum absolute atomic E-state index is 0.0257. The molecular weight excluding hydrogens is 657 g/mol. The molecule has 0 spiro atoms. The largest absolute Gasteiger partial charge is 0.573 e. The summed E-state index contributed by atoms with van der Waals surface area (Å²) >= 11 is 6.12. The van der Waals surface area contributed by atoms with Crippen molar-refractivity contribution in [2.24, 2.45) is 0 Å². The number of para-hydroxylation sites is 2. The van der Waals surface area contributed by atoms with Crippen molar-refractivity contribution in [3.05, 3.63) is 113 Å². The van der Waals surface area contributed by atoms with Crippen molar-refractivity contribution in [1.29, 1.82) is 0 Å². The van der Waals surface area contributed by atoms with E-state index in [1.807, 2.05) is 53.4 Å². The third-order valence-electron chi connectivity index (χ3n) is 8.17. The topological polar surface area (TPSA) is 111 Å². The smallest absolute Gasteiger partial charge is 0.406 e. The molecule has 3 N–H and O–H groups in total. The fourth-order valence-electron chi connectivity index (χ4n) is 6.06. The first-order chi connectivity index (χ1) is 22.4. The first-order valence-electron chi connectivity index (χ1n) is 14.7. The van der Waals surface area contributed by atoms with Crippen LogP contribution >= 0.6 is 11.6 Å². The molecule has 1 saturated heterocycles. The van der Waals surface area contributed by atoms with Crippen molar-refractivity contribution in [3.8, 4) is 5.75 Å². The van der Waals surface area contributed by atoms with E-state index < -0.39 is 46.4 Å². The molecule has 3 atom stereocenters. The number of aliphatic hydroxyl groups is 1. The maximum atomic E-state index is 13.7. The number of sulfonamides is 1. The summed E-state index contributed by atoms with van der Waals surface area (Å²) in [4.78, 5) is 16.7. The van der Waals surface area contributed by atoms with Gasteiger partial charge in [0.15, 0.2) is 0 Å². The lowest BCUT2D eigenvalue weighted by Crippen LogP contribution is -2.66. The zero-order chi connectivity index (χ0) is 33.3. The van der Waals surface area contributed by atoms with E-state index in [2.05, 4.69) is 14.8 Å². The molecule has 9 nitrogen and oxygen atoms in total. The molecule has 0 aliphatic carbocycles. The Morgan fingerprint density at radius 3 is 2.09 bits per heavy atom. The van der Waals surface area contributed by atoms with Crippen LogP contribution in [0.15, 0.2) is 102 Å². The number of carbonyl (C=O) groups is 1. The van der Waals surface area contributed by atoms with Crippen LogP contribution in [0.3, 0.4) is 0 Å². The number of likely N-dealkylation sites (tertiary alicyclic amines) is 1. The number of nitrogens with zero attached hydrogens (tertiary/aromatic N) is 2. The molecule has 0 aromatic heterocycles. The number of urea groups is 1. The maximum absolute atomic E-state index is 13.7. The van der Waals surface area contributed by atoms with Gasteiger partial charge in [-0.15, -0.1) is 13.2 Å². The molecule has 246 valence electrons. The molecule has 0 bridgehead atoms. The lowest BCUT2D eigenvalue weighted by Gasteiger charge is -2.47. The van der Waals surface area contributed by atoms with E-state index in [0.29, 0.717) is 10.7 Å². The zero-order valence-electron chi connectivity index (χ0n) is 24.7. The van der Waals surface area contributed by atoms with E-state index in [0.717, 1.165) is 59.6 Å². The van der Waals surface area contributed by atoms with Crippen molar-refractivity contribution in [2.75, 3.05) is 23.3 Å². The minimum atomic E-state index is -4.94. The molecule has 2 aliphatic heterocycles. The number of aliphatic hydroxyl groups excluding tert-OH is 1. The summed E-state index contributed by atoms with van der Waals surface area (Å²) in [5.41, 5.74) is 4.11. The van der Waals surface area contributed by atoms with Crippen LogP contribution < -0.4 is 19.7 Å². The number of anilines is 3. The number of nitrogens with one attached hydrogen (secondary N) is 2. The molecule has 2 heterocycles. The summed E-state index contributed by atoms with van der Waals surface area (Å²) in [5.74, 6) is -0.587. The highest BCUT2D eigenvalue weighted by Crippen LogP contribution is 2.40. The highest BCUT2D eigenvalue weighted by Gasteiger charge is 2.44.